The monoisotopic (exact) mass is 851 g/mol. The van der Waals surface area contributed by atoms with Gasteiger partial charge >= 0.3 is 0 Å². The van der Waals surface area contributed by atoms with Gasteiger partial charge in [-0.1, -0.05) is 168 Å². The molecule has 0 amide bonds. The highest BCUT2D eigenvalue weighted by Gasteiger charge is 2.29. The first-order chi connectivity index (χ1) is 38.3. The topological polar surface area (TPSA) is 50.9 Å². The average molecular weight is 851 g/mol. The number of rotatable bonds is 6. The maximum Gasteiger partial charge on any atom is 0.149 e. The number of aromatic hydroxyl groups is 1. The molecule has 0 saturated carbocycles. The van der Waals surface area contributed by atoms with Gasteiger partial charge in [-0.25, -0.2) is 4.98 Å². The molecule has 6 aromatic carbocycles. The van der Waals surface area contributed by atoms with Crippen molar-refractivity contribution in [3.8, 4) is 67.5 Å². The molecule has 0 fully saturated rings. The number of hydrogen-bond acceptors (Lipinski definition) is 3. The summed E-state index contributed by atoms with van der Waals surface area (Å²) >= 11 is 0. The molecule has 0 saturated heterocycles. The van der Waals surface area contributed by atoms with Crippen LogP contribution in [0.2, 0.25) is 0 Å². The summed E-state index contributed by atoms with van der Waals surface area (Å²) in [6, 6.07) is 36.4. The third-order valence-electron chi connectivity index (χ3n) is 11.5. The second-order valence-corrected chi connectivity index (χ2v) is 18.3. The number of aromatic nitrogens is 3. The van der Waals surface area contributed by atoms with E-state index < -0.39 is 92.5 Å². The Morgan fingerprint density at radius 3 is 1.89 bits per heavy atom. The Morgan fingerprint density at radius 1 is 0.508 bits per heavy atom. The summed E-state index contributed by atoms with van der Waals surface area (Å²) < 4.78 is 185. The van der Waals surface area contributed by atoms with Crippen molar-refractivity contribution in [2.45, 2.75) is 111 Å². The minimum Gasteiger partial charge on any atom is -0.507 e. The third kappa shape index (κ3) is 8.61. The lowest BCUT2D eigenvalue weighted by Gasteiger charge is -2.27. The van der Waals surface area contributed by atoms with Crippen LogP contribution in [-0.4, -0.2) is 19.6 Å². The van der Waals surface area contributed by atoms with Crippen molar-refractivity contribution in [1.82, 2.24) is 14.5 Å². The van der Waals surface area contributed by atoms with Crippen LogP contribution in [-0.2, 0) is 21.7 Å². The fourth-order valence-corrected chi connectivity index (χ4v) is 7.92. The molecule has 320 valence electrons. The molecule has 0 radical (unpaired) electrons. The smallest absolute Gasteiger partial charge is 0.149 e. The van der Waals surface area contributed by atoms with Gasteiger partial charge in [0.05, 0.1) is 22.3 Å². The molecule has 0 aliphatic carbocycles. The maximum absolute atomic E-state index is 12.9. The van der Waals surface area contributed by atoms with Gasteiger partial charge < -0.3 is 5.11 Å². The molecule has 4 heteroatoms. The number of nitrogens with zero attached hydrogens (tertiary/aromatic N) is 3. The van der Waals surface area contributed by atoms with Crippen LogP contribution in [0.3, 0.4) is 0 Å². The number of hydrogen-bond donors (Lipinski definition) is 1. The highest BCUT2D eigenvalue weighted by atomic mass is 16.3. The molecule has 2 heterocycles. The van der Waals surface area contributed by atoms with Gasteiger partial charge in [0.25, 0.3) is 0 Å². The van der Waals surface area contributed by atoms with Crippen molar-refractivity contribution in [2.24, 2.45) is 0 Å². The van der Waals surface area contributed by atoms with E-state index in [1.165, 1.54) is 22.8 Å². The fourth-order valence-electron chi connectivity index (χ4n) is 7.92. The molecule has 0 unspecified atom stereocenters. The minimum atomic E-state index is -4.20. The number of phenols is 1. The highest BCUT2D eigenvalue weighted by molar-refractivity contribution is 5.97. The van der Waals surface area contributed by atoms with E-state index in [9.17, 15) is 5.11 Å². The Balaban J connectivity index is 1.57. The highest BCUT2D eigenvalue weighted by Crippen LogP contribution is 2.45. The fraction of sp³-hybridized carbons (Fsp3) is 0.288. The van der Waals surface area contributed by atoms with Crippen molar-refractivity contribution < 1.29 is 33.9 Å². The van der Waals surface area contributed by atoms with Crippen LogP contribution < -0.4 is 0 Å². The van der Waals surface area contributed by atoms with Crippen LogP contribution in [0.25, 0.3) is 72.7 Å². The molecule has 0 atom stereocenters. The van der Waals surface area contributed by atoms with Gasteiger partial charge in [0.15, 0.2) is 0 Å². The first kappa shape index (κ1) is 24.5. The first-order valence-electron chi connectivity index (χ1n) is 31.1. The standard InChI is InChI=1S/C59H63N3O/c1-37-30-46(26-27-47(37)39-18-15-14-16-19-39)62-52-21-17-20-48(53(52)61-55(62)49-35-45(58(8,9)10)36-50(54(49)63)59(11,12)13)41-31-42(33-44(32-41)57(5,6)7)51-34-40(28-29-60-51)38-22-24-43(25-23-38)56(2,3)4/h14-36,63H,1-13H3/i1D3,8D3,9D3,10D3,11D3,12D3,13D3. The number of aryl methyl sites for hydroxylation is 1. The van der Waals surface area contributed by atoms with Crippen molar-refractivity contribution in [3.05, 3.63) is 167 Å². The average Bonchev–Trinajstić information content (AvgIpc) is 0.795. The first-order valence-corrected chi connectivity index (χ1v) is 20.6. The SMILES string of the molecule is [2H]C([2H])([2H])c1cc(-n2c(-c3cc(C(C([2H])([2H])[2H])(C([2H])([2H])[2H])C([2H])([2H])[2H])cc(C(C([2H])([2H])[2H])(C([2H])([2H])[2H])C([2H])([2H])[2H])c3O)nc3c(-c4cc(-c5cc(-c6ccc(C(C)(C)C)cc6)ccn5)cc(C(C)(C)C)c4)cccc32)ccc1-c1ccccc1. The lowest BCUT2D eigenvalue weighted by molar-refractivity contribution is 0.446. The number of fused-ring (bicyclic) bond motifs is 1. The third-order valence-corrected chi connectivity index (χ3v) is 11.5. The van der Waals surface area contributed by atoms with E-state index in [2.05, 4.69) is 32.9 Å². The Morgan fingerprint density at radius 2 is 1.21 bits per heavy atom. The number of phenolic OH excluding ortho intramolecular Hbond substituents is 1. The zero-order chi connectivity index (χ0) is 62.7. The summed E-state index contributed by atoms with van der Waals surface area (Å²) in [4.78, 5) is 9.87. The summed E-state index contributed by atoms with van der Waals surface area (Å²) in [6.45, 7) is -15.3. The Bertz CT molecular complexity index is 3700. The largest absolute Gasteiger partial charge is 0.507 e. The number of para-hydroxylation sites is 1. The summed E-state index contributed by atoms with van der Waals surface area (Å²) in [6.07, 6.45) is 1.70. The van der Waals surface area contributed by atoms with Gasteiger partial charge in [-0.05, 0) is 127 Å². The lowest BCUT2D eigenvalue weighted by atomic mass is 9.79. The van der Waals surface area contributed by atoms with E-state index in [4.69, 9.17) is 38.8 Å². The predicted octanol–water partition coefficient (Wildman–Crippen LogP) is 16.0. The van der Waals surface area contributed by atoms with E-state index in [1.54, 1.807) is 54.7 Å². The Hall–Kier alpha value is -6.26. The number of imidazole rings is 1. The normalized spacial score (nSPS) is 18.9. The zero-order valence-electron chi connectivity index (χ0n) is 57.1. The van der Waals surface area contributed by atoms with Crippen molar-refractivity contribution in [2.75, 3.05) is 0 Å². The van der Waals surface area contributed by atoms with Crippen LogP contribution in [0.1, 0.15) is 139 Å². The molecule has 2 aromatic heterocycles. The van der Waals surface area contributed by atoms with E-state index in [1.807, 2.05) is 63.2 Å². The molecule has 0 aliphatic heterocycles. The molecule has 0 spiro atoms. The van der Waals surface area contributed by atoms with E-state index in [0.29, 0.717) is 34.0 Å². The van der Waals surface area contributed by atoms with Crippen LogP contribution >= 0.6 is 0 Å². The molecule has 0 aliphatic rings. The van der Waals surface area contributed by atoms with Crippen LogP contribution in [0.5, 0.6) is 5.75 Å². The molecular formula is C59H63N3O. The second kappa shape index (κ2) is 15.8. The van der Waals surface area contributed by atoms with Crippen LogP contribution in [0, 0.1) is 6.85 Å². The summed E-state index contributed by atoms with van der Waals surface area (Å²) in [5, 5.41) is 12.9. The number of benzene rings is 6. The molecule has 1 N–H and O–H groups in total. The molecule has 0 bridgehead atoms. The summed E-state index contributed by atoms with van der Waals surface area (Å²) in [5.41, 5.74) is -6.00. The van der Waals surface area contributed by atoms with E-state index in [-0.39, 0.29) is 39.3 Å². The van der Waals surface area contributed by atoms with Gasteiger partial charge in [-0.2, -0.15) is 0 Å². The molecule has 8 rings (SSSR count). The van der Waals surface area contributed by atoms with Gasteiger partial charge in [-0.3, -0.25) is 9.55 Å². The minimum absolute atomic E-state index is 0.0371. The predicted molar refractivity (Wildman–Crippen MR) is 267 cm³/mol. The van der Waals surface area contributed by atoms with Gasteiger partial charge in [-0.15, -0.1) is 0 Å². The molecular weight excluding hydrogens is 767 g/mol. The maximum atomic E-state index is 12.9. The summed E-state index contributed by atoms with van der Waals surface area (Å²) in [7, 11) is 0. The van der Waals surface area contributed by atoms with Gasteiger partial charge in [0.1, 0.15) is 11.6 Å². The molecule has 8 aromatic rings. The Kier molecular flexibility index (Phi) is 6.17. The molecule has 63 heavy (non-hydrogen) atoms. The van der Waals surface area contributed by atoms with Crippen molar-refractivity contribution in [1.29, 1.82) is 0 Å². The van der Waals surface area contributed by atoms with Crippen molar-refractivity contribution in [3.63, 3.8) is 0 Å². The quantitative estimate of drug-likeness (QED) is 0.181. The van der Waals surface area contributed by atoms with Crippen molar-refractivity contribution >= 4 is 11.0 Å². The number of pyridine rings is 1. The Labute approximate surface area is 405 Å². The van der Waals surface area contributed by atoms with Gasteiger partial charge in [0.2, 0.25) is 0 Å². The van der Waals surface area contributed by atoms with Crippen LogP contribution in [0.4, 0.5) is 0 Å². The van der Waals surface area contributed by atoms with E-state index >= 15 is 0 Å². The molecule has 4 nitrogen and oxygen atoms in total. The lowest BCUT2D eigenvalue weighted by Crippen LogP contribution is -2.17. The van der Waals surface area contributed by atoms with E-state index in [0.717, 1.165) is 22.3 Å². The van der Waals surface area contributed by atoms with Crippen LogP contribution in [0.15, 0.2) is 140 Å². The second-order valence-electron chi connectivity index (χ2n) is 18.3. The zero-order valence-corrected chi connectivity index (χ0v) is 36.1. The van der Waals surface area contributed by atoms with Gasteiger partial charge in [0, 0.05) is 57.4 Å². The summed E-state index contributed by atoms with van der Waals surface area (Å²) in [5.74, 6) is -2.03.